The van der Waals surface area contributed by atoms with Gasteiger partial charge in [-0.25, -0.2) is 13.2 Å². The molecule has 2 aromatic carbocycles. The number of aromatic nitrogens is 1. The van der Waals surface area contributed by atoms with Crippen molar-refractivity contribution in [1.82, 2.24) is 4.90 Å². The van der Waals surface area contributed by atoms with Crippen molar-refractivity contribution in [2.75, 3.05) is 27.0 Å². The fourth-order valence-electron chi connectivity index (χ4n) is 4.55. The average molecular weight is 691 g/mol. The zero-order chi connectivity index (χ0) is 32.9. The van der Waals surface area contributed by atoms with Gasteiger partial charge in [-0.05, 0) is 54.2 Å². The molecule has 0 bridgehead atoms. The molecule has 45 heavy (non-hydrogen) atoms. The third-order valence-corrected chi connectivity index (χ3v) is 8.41. The predicted octanol–water partition coefficient (Wildman–Crippen LogP) is 6.01. The van der Waals surface area contributed by atoms with Crippen molar-refractivity contribution in [3.63, 3.8) is 0 Å². The number of carbonyl (C=O) groups excluding carboxylic acids is 1. The molecule has 0 aliphatic heterocycles. The average Bonchev–Trinajstić information content (AvgIpc) is 3.77. The lowest BCUT2D eigenvalue weighted by Gasteiger charge is -2.24. The number of rotatable bonds is 14. The Labute approximate surface area is 269 Å². The predicted molar refractivity (Wildman–Crippen MR) is 161 cm³/mol. The number of hydrogen-bond acceptors (Lipinski definition) is 8. The minimum absolute atomic E-state index is 0.0454. The Kier molecular flexibility index (Phi) is 11.2. The molecule has 1 saturated carbocycles. The third kappa shape index (κ3) is 9.97. The van der Waals surface area contributed by atoms with E-state index in [-0.39, 0.29) is 40.3 Å². The molecule has 0 saturated heterocycles. The quantitative estimate of drug-likeness (QED) is 0.162. The molecule has 1 N–H and O–H groups in total. The Morgan fingerprint density at radius 1 is 1.09 bits per heavy atom. The number of methoxy groups -OCH3 is 1. The van der Waals surface area contributed by atoms with Crippen molar-refractivity contribution in [1.29, 1.82) is 0 Å². The van der Waals surface area contributed by atoms with Gasteiger partial charge in [0, 0.05) is 42.1 Å². The topological polar surface area (TPSA) is 115 Å². The zero-order valence-corrected chi connectivity index (χ0v) is 27.0. The van der Waals surface area contributed by atoms with E-state index < -0.39 is 28.6 Å². The van der Waals surface area contributed by atoms with Crippen LogP contribution < -0.4 is 18.9 Å². The van der Waals surface area contributed by atoms with Gasteiger partial charge in [-0.15, -0.1) is 0 Å². The number of pyridine rings is 1. The molecule has 15 heteroatoms. The summed E-state index contributed by atoms with van der Waals surface area (Å²) < 4.78 is 72.5. The van der Waals surface area contributed by atoms with Crippen molar-refractivity contribution >= 4 is 39.1 Å². The van der Waals surface area contributed by atoms with Crippen LogP contribution in [-0.4, -0.2) is 58.2 Å². The smallest absolute Gasteiger partial charge is 0.410 e. The standard InChI is InChI=1S/C30H33Cl2F2N2O8S/c1-35(13-19-6-8-25(41-2)21(10-19)17-45(3,39)40)30(37)44-27(12-22-23(31)14-36(38)15-24(22)32)20-7-9-26(43-29(33)34)28(11-20)42-16-18-4-5-18/h6-11,14-15,18,27,29,38H,4-5,12-13,16-17H2,1-3H3/q+1/t27-/m0/s1. The molecule has 4 rings (SSSR count). The molecule has 1 aromatic heterocycles. The summed E-state index contributed by atoms with van der Waals surface area (Å²) in [6, 6.07) is 9.21. The van der Waals surface area contributed by atoms with Crippen molar-refractivity contribution < 1.29 is 50.9 Å². The molecule has 1 amide bonds. The maximum absolute atomic E-state index is 13.4. The summed E-state index contributed by atoms with van der Waals surface area (Å²) in [5, 5.41) is 10.0. The second-order valence-corrected chi connectivity index (χ2v) is 13.8. The molecule has 3 aromatic rings. The first-order chi connectivity index (χ1) is 21.2. The number of hydrogen-bond donors (Lipinski definition) is 1. The fraction of sp³-hybridized carbons (Fsp3) is 0.400. The summed E-state index contributed by atoms with van der Waals surface area (Å²) in [4.78, 5) is 14.7. The van der Waals surface area contributed by atoms with Crippen molar-refractivity contribution in [2.45, 2.75) is 44.3 Å². The number of ether oxygens (including phenoxy) is 4. The lowest BCUT2D eigenvalue weighted by Crippen LogP contribution is -2.30. The molecule has 1 aliphatic carbocycles. The monoisotopic (exact) mass is 689 g/mol. The Balaban J connectivity index is 1.62. The molecule has 1 aliphatic rings. The van der Waals surface area contributed by atoms with Gasteiger partial charge in [0.25, 0.3) is 0 Å². The molecule has 10 nitrogen and oxygen atoms in total. The van der Waals surface area contributed by atoms with Gasteiger partial charge in [0.1, 0.15) is 21.9 Å². The summed E-state index contributed by atoms with van der Waals surface area (Å²) in [7, 11) is -0.426. The maximum atomic E-state index is 13.4. The number of sulfone groups is 1. The van der Waals surface area contributed by atoms with Gasteiger partial charge in [-0.2, -0.15) is 8.78 Å². The largest absolute Gasteiger partial charge is 0.496 e. The normalized spacial score (nSPS) is 13.8. The van der Waals surface area contributed by atoms with Gasteiger partial charge in [0.2, 0.25) is 12.4 Å². The Hall–Kier alpha value is -3.55. The second kappa shape index (κ2) is 14.7. The Morgan fingerprint density at radius 2 is 1.76 bits per heavy atom. The van der Waals surface area contributed by atoms with E-state index in [4.69, 9.17) is 37.4 Å². The molecular formula is C30H33Cl2F2N2O8S+. The van der Waals surface area contributed by atoms with Gasteiger partial charge >= 0.3 is 12.7 Å². The van der Waals surface area contributed by atoms with E-state index >= 15 is 0 Å². The van der Waals surface area contributed by atoms with E-state index in [1.165, 1.54) is 49.7 Å². The van der Waals surface area contributed by atoms with E-state index in [2.05, 4.69) is 4.74 Å². The van der Waals surface area contributed by atoms with Gasteiger partial charge in [-0.3, -0.25) is 5.21 Å². The lowest BCUT2D eigenvalue weighted by atomic mass is 10.0. The van der Waals surface area contributed by atoms with E-state index in [0.717, 1.165) is 19.1 Å². The molecule has 1 atom stereocenters. The van der Waals surface area contributed by atoms with Crippen LogP contribution >= 0.6 is 23.2 Å². The number of carbonyl (C=O) groups is 1. The minimum Gasteiger partial charge on any atom is -0.496 e. The SMILES string of the molecule is COc1ccc(CN(C)C(=O)O[C@@H](Cc2c(Cl)c[n+](O)cc2Cl)c2ccc(OC(F)F)c(OCC3CC3)c2)cc1CS(C)(=O)=O. The van der Waals surface area contributed by atoms with Crippen LogP contribution in [0.4, 0.5) is 13.6 Å². The highest BCUT2D eigenvalue weighted by Crippen LogP contribution is 2.38. The minimum atomic E-state index is -3.36. The second-order valence-electron chi connectivity index (χ2n) is 10.8. The van der Waals surface area contributed by atoms with Gasteiger partial charge in [0.15, 0.2) is 21.3 Å². The number of halogens is 4. The number of benzene rings is 2. The summed E-state index contributed by atoms with van der Waals surface area (Å²) in [6.45, 7) is -2.71. The van der Waals surface area contributed by atoms with Crippen LogP contribution in [0.2, 0.25) is 10.0 Å². The van der Waals surface area contributed by atoms with Gasteiger partial charge in [-0.1, -0.05) is 35.3 Å². The van der Waals surface area contributed by atoms with Crippen LogP contribution in [0.5, 0.6) is 17.2 Å². The van der Waals surface area contributed by atoms with E-state index in [9.17, 15) is 27.2 Å². The van der Waals surface area contributed by atoms with Gasteiger partial charge in [0.05, 0.1) is 19.5 Å². The first-order valence-electron chi connectivity index (χ1n) is 13.8. The first-order valence-corrected chi connectivity index (χ1v) is 16.6. The molecule has 0 radical (unpaired) electrons. The van der Waals surface area contributed by atoms with E-state index in [1.807, 2.05) is 0 Å². The highest BCUT2D eigenvalue weighted by molar-refractivity contribution is 7.89. The molecule has 1 fully saturated rings. The highest BCUT2D eigenvalue weighted by atomic mass is 35.5. The van der Waals surface area contributed by atoms with E-state index in [1.54, 1.807) is 18.2 Å². The van der Waals surface area contributed by atoms with Crippen LogP contribution in [-0.2, 0) is 33.3 Å². The number of amides is 1. The maximum Gasteiger partial charge on any atom is 0.410 e. The Bertz CT molecular complexity index is 1620. The molecule has 1 heterocycles. The van der Waals surface area contributed by atoms with E-state index in [0.29, 0.717) is 45.3 Å². The van der Waals surface area contributed by atoms with Crippen molar-refractivity contribution in [3.05, 3.63) is 81.1 Å². The van der Waals surface area contributed by atoms with Crippen LogP contribution in [0.25, 0.3) is 0 Å². The molecule has 0 unspecified atom stereocenters. The van der Waals surface area contributed by atoms with Crippen LogP contribution in [0.15, 0.2) is 48.8 Å². The summed E-state index contributed by atoms with van der Waals surface area (Å²) >= 11 is 12.7. The van der Waals surface area contributed by atoms with Crippen molar-refractivity contribution in [3.8, 4) is 17.2 Å². The molecular weight excluding hydrogens is 657 g/mol. The highest BCUT2D eigenvalue weighted by Gasteiger charge is 2.28. The van der Waals surface area contributed by atoms with Crippen LogP contribution in [0, 0.1) is 5.92 Å². The molecule has 0 spiro atoms. The lowest BCUT2D eigenvalue weighted by molar-refractivity contribution is -0.904. The van der Waals surface area contributed by atoms with Crippen LogP contribution in [0.1, 0.15) is 41.2 Å². The summed E-state index contributed by atoms with van der Waals surface area (Å²) in [6.07, 6.45) is 3.65. The molecule has 244 valence electrons. The Morgan fingerprint density at radius 3 is 2.36 bits per heavy atom. The summed E-state index contributed by atoms with van der Waals surface area (Å²) in [5.41, 5.74) is 1.81. The first kappa shape index (κ1) is 34.3. The zero-order valence-electron chi connectivity index (χ0n) is 24.7. The van der Waals surface area contributed by atoms with Crippen LogP contribution in [0.3, 0.4) is 0 Å². The number of alkyl halides is 2. The van der Waals surface area contributed by atoms with Crippen molar-refractivity contribution in [2.24, 2.45) is 5.92 Å². The third-order valence-electron chi connectivity index (χ3n) is 6.92. The fourth-order valence-corrected chi connectivity index (χ4v) is 5.94. The van der Waals surface area contributed by atoms with Gasteiger partial charge < -0.3 is 23.8 Å². The number of nitrogens with zero attached hydrogens (tertiary/aromatic N) is 2. The summed E-state index contributed by atoms with van der Waals surface area (Å²) in [5.74, 6) is 0.359.